The van der Waals surface area contributed by atoms with E-state index in [9.17, 15) is 13.2 Å². The normalized spacial score (nSPS) is 16.2. The first-order chi connectivity index (χ1) is 8.05. The Hall–Kier alpha value is -0.750. The summed E-state index contributed by atoms with van der Waals surface area (Å²) in [6, 6.07) is 3.16. The first-order valence-electron chi connectivity index (χ1n) is 5.45. The third kappa shape index (κ3) is 4.20. The van der Waals surface area contributed by atoms with Gasteiger partial charge in [0.2, 0.25) is 0 Å². The third-order valence-corrected chi connectivity index (χ3v) is 3.37. The Morgan fingerprint density at radius 1 is 1.35 bits per heavy atom. The molecule has 0 bridgehead atoms. The number of aromatic nitrogens is 1. The van der Waals surface area contributed by atoms with Crippen LogP contribution in [0.2, 0.25) is 0 Å². The van der Waals surface area contributed by atoms with Gasteiger partial charge in [-0.1, -0.05) is 0 Å². The smallest absolute Gasteiger partial charge is 0.313 e. The average molecular weight is 262 g/mol. The molecule has 0 amide bonds. The van der Waals surface area contributed by atoms with Crippen LogP contribution >= 0.6 is 11.8 Å². The zero-order valence-corrected chi connectivity index (χ0v) is 9.94. The van der Waals surface area contributed by atoms with Crippen LogP contribution in [0.25, 0.3) is 0 Å². The first-order valence-corrected chi connectivity index (χ1v) is 6.44. The van der Waals surface area contributed by atoms with Gasteiger partial charge in [-0.15, -0.1) is 11.8 Å². The molecule has 1 aliphatic carbocycles. The number of hydrogen-bond donors (Lipinski definition) is 1. The van der Waals surface area contributed by atoms with Crippen molar-refractivity contribution in [2.24, 2.45) is 0 Å². The van der Waals surface area contributed by atoms with E-state index in [4.69, 9.17) is 0 Å². The van der Waals surface area contributed by atoms with Gasteiger partial charge in [-0.3, -0.25) is 0 Å². The molecule has 1 aliphatic rings. The Kier molecular flexibility index (Phi) is 3.93. The molecule has 0 aromatic carbocycles. The lowest BCUT2D eigenvalue weighted by Crippen LogP contribution is -2.19. The van der Waals surface area contributed by atoms with Crippen LogP contribution in [0.3, 0.4) is 0 Å². The number of nitrogens with one attached hydrogen (secondary N) is 1. The molecule has 1 heterocycles. The van der Waals surface area contributed by atoms with Crippen molar-refractivity contribution >= 4 is 11.8 Å². The highest BCUT2D eigenvalue weighted by Gasteiger charge is 2.30. The van der Waals surface area contributed by atoms with Gasteiger partial charge < -0.3 is 5.32 Å². The first kappa shape index (κ1) is 12.7. The molecule has 0 saturated heterocycles. The fourth-order valence-corrected chi connectivity index (χ4v) is 2.06. The minimum absolute atomic E-state index is 0.635. The molecule has 1 saturated carbocycles. The van der Waals surface area contributed by atoms with Crippen LogP contribution in [0, 0.1) is 0 Å². The van der Waals surface area contributed by atoms with E-state index in [1.165, 1.54) is 30.7 Å². The number of thioether (sulfide) groups is 1. The second kappa shape index (κ2) is 5.27. The van der Waals surface area contributed by atoms with E-state index in [1.807, 2.05) is 0 Å². The predicted octanol–water partition coefficient (Wildman–Crippen LogP) is 2.94. The summed E-state index contributed by atoms with van der Waals surface area (Å²) in [4.78, 5) is 3.79. The Morgan fingerprint density at radius 2 is 2.12 bits per heavy atom. The Balaban J connectivity index is 1.76. The van der Waals surface area contributed by atoms with E-state index < -0.39 is 11.7 Å². The van der Waals surface area contributed by atoms with Crippen LogP contribution in [-0.4, -0.2) is 23.3 Å². The summed E-state index contributed by atoms with van der Waals surface area (Å²) in [6.45, 7) is 0.873. The summed E-state index contributed by atoms with van der Waals surface area (Å²) in [5.41, 5.74) is -0.696. The monoisotopic (exact) mass is 262 g/mol. The van der Waals surface area contributed by atoms with Crippen molar-refractivity contribution in [2.75, 3.05) is 12.3 Å². The number of halogens is 3. The van der Waals surface area contributed by atoms with Gasteiger partial charge in [0.1, 0.15) is 0 Å². The van der Waals surface area contributed by atoms with Crippen molar-refractivity contribution in [3.63, 3.8) is 0 Å². The van der Waals surface area contributed by atoms with Gasteiger partial charge in [0.15, 0.2) is 0 Å². The summed E-state index contributed by atoms with van der Waals surface area (Å²) < 4.78 is 36.8. The highest BCUT2D eigenvalue weighted by Crippen LogP contribution is 2.29. The molecule has 2 nitrogen and oxygen atoms in total. The molecule has 0 atom stereocenters. The highest BCUT2D eigenvalue weighted by atomic mass is 32.2. The largest absolute Gasteiger partial charge is 0.417 e. The highest BCUT2D eigenvalue weighted by molar-refractivity contribution is 7.99. The molecule has 1 N–H and O–H groups in total. The number of pyridine rings is 1. The van der Waals surface area contributed by atoms with Crippen LogP contribution in [-0.2, 0) is 6.18 Å². The Bertz CT molecular complexity index is 360. The molecule has 1 aromatic heterocycles. The maximum atomic E-state index is 12.3. The third-order valence-electron chi connectivity index (χ3n) is 2.43. The van der Waals surface area contributed by atoms with Crippen molar-refractivity contribution in [3.05, 3.63) is 23.9 Å². The van der Waals surface area contributed by atoms with Gasteiger partial charge in [0, 0.05) is 24.5 Å². The predicted molar refractivity (Wildman–Crippen MR) is 61.0 cm³/mol. The number of nitrogens with zero attached hydrogens (tertiary/aromatic N) is 1. The molecular weight excluding hydrogens is 249 g/mol. The zero-order chi connectivity index (χ0) is 12.3. The fourth-order valence-electron chi connectivity index (χ4n) is 1.34. The van der Waals surface area contributed by atoms with Crippen molar-refractivity contribution < 1.29 is 13.2 Å². The quantitative estimate of drug-likeness (QED) is 0.652. The summed E-state index contributed by atoms with van der Waals surface area (Å²) in [7, 11) is 0. The maximum Gasteiger partial charge on any atom is 0.417 e. The van der Waals surface area contributed by atoms with E-state index in [-0.39, 0.29) is 0 Å². The zero-order valence-electron chi connectivity index (χ0n) is 9.13. The van der Waals surface area contributed by atoms with E-state index in [2.05, 4.69) is 10.3 Å². The van der Waals surface area contributed by atoms with Gasteiger partial charge in [-0.2, -0.15) is 13.2 Å². The number of rotatable bonds is 5. The van der Waals surface area contributed by atoms with Gasteiger partial charge in [0.25, 0.3) is 0 Å². The molecule has 17 heavy (non-hydrogen) atoms. The van der Waals surface area contributed by atoms with Crippen LogP contribution in [0.4, 0.5) is 13.2 Å². The maximum absolute atomic E-state index is 12.3. The van der Waals surface area contributed by atoms with Gasteiger partial charge in [-0.05, 0) is 25.0 Å². The molecule has 6 heteroatoms. The fraction of sp³-hybridized carbons (Fsp3) is 0.545. The molecule has 94 valence electrons. The molecule has 0 spiro atoms. The van der Waals surface area contributed by atoms with E-state index in [0.29, 0.717) is 11.1 Å². The van der Waals surface area contributed by atoms with Crippen LogP contribution in [0.15, 0.2) is 23.4 Å². The number of hydrogen-bond acceptors (Lipinski definition) is 3. The molecule has 2 rings (SSSR count). The number of alkyl halides is 3. The second-order valence-corrected chi connectivity index (χ2v) is 5.07. The summed E-state index contributed by atoms with van der Waals surface area (Å²) in [5, 5.41) is 3.97. The Morgan fingerprint density at radius 3 is 2.65 bits per heavy atom. The van der Waals surface area contributed by atoms with Gasteiger partial charge in [0.05, 0.1) is 10.6 Å². The molecule has 1 aromatic rings. The van der Waals surface area contributed by atoms with Crippen molar-refractivity contribution in [1.29, 1.82) is 0 Å². The standard InChI is InChI=1S/C11H13F3N2S/c12-11(13,14)8-1-4-10(16-7-8)17-6-5-15-9-2-3-9/h1,4,7,9,15H,2-3,5-6H2. The molecule has 0 aliphatic heterocycles. The van der Waals surface area contributed by atoms with Gasteiger partial charge >= 0.3 is 6.18 Å². The topological polar surface area (TPSA) is 24.9 Å². The summed E-state index contributed by atoms with van der Waals surface area (Å²) >= 11 is 1.47. The van der Waals surface area contributed by atoms with Crippen molar-refractivity contribution in [2.45, 2.75) is 30.1 Å². The van der Waals surface area contributed by atoms with E-state index in [1.54, 1.807) is 0 Å². The van der Waals surface area contributed by atoms with E-state index >= 15 is 0 Å². The average Bonchev–Trinajstić information content (AvgIpc) is 3.08. The summed E-state index contributed by atoms with van der Waals surface area (Å²) in [6.07, 6.45) is -0.938. The second-order valence-electron chi connectivity index (χ2n) is 3.96. The lowest BCUT2D eigenvalue weighted by molar-refractivity contribution is -0.137. The molecule has 0 unspecified atom stereocenters. The van der Waals surface area contributed by atoms with Crippen molar-refractivity contribution in [1.82, 2.24) is 10.3 Å². The van der Waals surface area contributed by atoms with Crippen LogP contribution < -0.4 is 5.32 Å². The SMILES string of the molecule is FC(F)(F)c1ccc(SCCNC2CC2)nc1. The van der Waals surface area contributed by atoms with Crippen LogP contribution in [0.5, 0.6) is 0 Å². The molecule has 0 radical (unpaired) electrons. The lowest BCUT2D eigenvalue weighted by Gasteiger charge is -2.06. The van der Waals surface area contributed by atoms with Crippen LogP contribution in [0.1, 0.15) is 18.4 Å². The van der Waals surface area contributed by atoms with E-state index in [0.717, 1.165) is 24.6 Å². The molecule has 1 fully saturated rings. The lowest BCUT2D eigenvalue weighted by atomic mass is 10.3. The minimum atomic E-state index is -4.30. The Labute approximate surface area is 102 Å². The molecular formula is C11H13F3N2S. The van der Waals surface area contributed by atoms with Crippen molar-refractivity contribution in [3.8, 4) is 0 Å². The minimum Gasteiger partial charge on any atom is -0.313 e. The van der Waals surface area contributed by atoms with Gasteiger partial charge in [-0.25, -0.2) is 4.98 Å². The summed E-state index contributed by atoms with van der Waals surface area (Å²) in [5.74, 6) is 0.828.